The average Bonchev–Trinajstić information content (AvgIpc) is 2.83. The molecule has 0 saturated heterocycles. The van der Waals surface area contributed by atoms with Gasteiger partial charge in [-0.05, 0) is 23.6 Å². The van der Waals surface area contributed by atoms with Gasteiger partial charge < -0.3 is 5.11 Å². The number of aromatic nitrogens is 3. The fraction of sp³-hybridized carbons (Fsp3) is 0.438. The van der Waals surface area contributed by atoms with Crippen LogP contribution >= 0.6 is 11.6 Å². The van der Waals surface area contributed by atoms with Crippen molar-refractivity contribution in [2.75, 3.05) is 0 Å². The topological polar surface area (TPSA) is 68.0 Å². The number of hydrogen-bond acceptors (Lipinski definition) is 3. The maximum absolute atomic E-state index is 11.0. The quantitative estimate of drug-likeness (QED) is 0.930. The molecule has 0 bridgehead atoms. The molecule has 22 heavy (non-hydrogen) atoms. The molecule has 1 unspecified atom stereocenters. The van der Waals surface area contributed by atoms with E-state index in [4.69, 9.17) is 16.7 Å². The Balaban J connectivity index is 2.48. The summed E-state index contributed by atoms with van der Waals surface area (Å²) in [4.78, 5) is 15.3. The maximum atomic E-state index is 11.0. The van der Waals surface area contributed by atoms with Crippen molar-refractivity contribution >= 4 is 17.6 Å². The first-order valence-corrected chi connectivity index (χ1v) is 7.50. The fourth-order valence-corrected chi connectivity index (χ4v) is 2.44. The van der Waals surface area contributed by atoms with E-state index in [1.54, 1.807) is 23.0 Å². The Hall–Kier alpha value is -1.88. The lowest BCUT2D eigenvalue weighted by Gasteiger charge is -2.19. The third-order valence-electron chi connectivity index (χ3n) is 3.41. The molecular formula is C16H20ClN3O2. The van der Waals surface area contributed by atoms with Crippen LogP contribution in [0.3, 0.4) is 0 Å². The standard InChI is InChI=1S/C16H20ClN3O2/c1-10(7-14(21)22)12-9-20(19-15(12)16(2,3)4)13-6-5-11(17)8-18-13/h5-6,8-10H,7H2,1-4H3,(H,21,22). The van der Waals surface area contributed by atoms with E-state index < -0.39 is 5.97 Å². The number of nitrogens with zero attached hydrogens (tertiary/aromatic N) is 3. The number of hydrogen-bond donors (Lipinski definition) is 1. The van der Waals surface area contributed by atoms with Gasteiger partial charge in [0.15, 0.2) is 5.82 Å². The van der Waals surface area contributed by atoms with Crippen molar-refractivity contribution in [1.29, 1.82) is 0 Å². The zero-order valence-electron chi connectivity index (χ0n) is 13.2. The number of aliphatic carboxylic acids is 1. The highest BCUT2D eigenvalue weighted by Gasteiger charge is 2.26. The Morgan fingerprint density at radius 2 is 2.09 bits per heavy atom. The summed E-state index contributed by atoms with van der Waals surface area (Å²) in [5.74, 6) is -0.277. The Morgan fingerprint density at radius 3 is 2.59 bits per heavy atom. The molecule has 0 spiro atoms. The van der Waals surface area contributed by atoms with E-state index in [0.29, 0.717) is 10.8 Å². The van der Waals surface area contributed by atoms with Crippen LogP contribution in [0.1, 0.15) is 51.3 Å². The van der Waals surface area contributed by atoms with E-state index in [0.717, 1.165) is 11.3 Å². The number of halogens is 1. The largest absolute Gasteiger partial charge is 0.481 e. The van der Waals surface area contributed by atoms with Crippen LogP contribution in [0, 0.1) is 0 Å². The van der Waals surface area contributed by atoms with Crippen LogP contribution < -0.4 is 0 Å². The molecular weight excluding hydrogens is 302 g/mol. The van der Waals surface area contributed by atoms with Crippen molar-refractivity contribution < 1.29 is 9.90 Å². The number of rotatable bonds is 4. The first kappa shape index (κ1) is 16.5. The number of carboxylic acids is 1. The molecule has 0 aromatic carbocycles. The van der Waals surface area contributed by atoms with Crippen LogP contribution in [-0.2, 0) is 10.2 Å². The Kier molecular flexibility index (Phi) is 4.56. The van der Waals surface area contributed by atoms with Gasteiger partial charge in [0, 0.05) is 17.8 Å². The molecule has 6 heteroatoms. The minimum atomic E-state index is -0.815. The molecule has 2 aromatic heterocycles. The van der Waals surface area contributed by atoms with Crippen LogP contribution in [0.2, 0.25) is 5.02 Å². The predicted octanol–water partition coefficient (Wildman–Crippen LogP) is 3.80. The normalized spacial score (nSPS) is 13.1. The number of carboxylic acid groups (broad SMARTS) is 1. The summed E-state index contributed by atoms with van der Waals surface area (Å²) in [6.07, 6.45) is 3.50. The van der Waals surface area contributed by atoms with Gasteiger partial charge in [0.25, 0.3) is 0 Å². The van der Waals surface area contributed by atoms with Crippen molar-refractivity contribution in [3.8, 4) is 5.82 Å². The van der Waals surface area contributed by atoms with Crippen molar-refractivity contribution in [3.05, 3.63) is 40.8 Å². The summed E-state index contributed by atoms with van der Waals surface area (Å²) in [6, 6.07) is 3.54. The Bertz CT molecular complexity index is 672. The van der Waals surface area contributed by atoms with Gasteiger partial charge >= 0.3 is 5.97 Å². The van der Waals surface area contributed by atoms with Crippen molar-refractivity contribution in [2.24, 2.45) is 0 Å². The third-order valence-corrected chi connectivity index (χ3v) is 3.63. The molecule has 0 aliphatic carbocycles. The van der Waals surface area contributed by atoms with Crippen molar-refractivity contribution in [2.45, 2.75) is 45.4 Å². The molecule has 0 amide bonds. The molecule has 1 N–H and O–H groups in total. The van der Waals surface area contributed by atoms with Crippen LogP contribution in [0.25, 0.3) is 5.82 Å². The van der Waals surface area contributed by atoms with Crippen LogP contribution in [0.5, 0.6) is 0 Å². The van der Waals surface area contributed by atoms with E-state index in [1.807, 2.05) is 13.1 Å². The van der Waals surface area contributed by atoms with Gasteiger partial charge in [-0.25, -0.2) is 9.67 Å². The average molecular weight is 322 g/mol. The zero-order valence-corrected chi connectivity index (χ0v) is 13.9. The van der Waals surface area contributed by atoms with Crippen LogP contribution in [0.4, 0.5) is 0 Å². The highest BCUT2D eigenvalue weighted by Crippen LogP contribution is 2.31. The SMILES string of the molecule is CC(CC(=O)O)c1cn(-c2ccc(Cl)cn2)nc1C(C)(C)C. The summed E-state index contributed by atoms with van der Waals surface area (Å²) >= 11 is 5.86. The maximum Gasteiger partial charge on any atom is 0.303 e. The van der Waals surface area contributed by atoms with E-state index in [-0.39, 0.29) is 17.8 Å². The molecule has 0 aliphatic rings. The minimum Gasteiger partial charge on any atom is -0.481 e. The van der Waals surface area contributed by atoms with E-state index >= 15 is 0 Å². The molecule has 2 rings (SSSR count). The van der Waals surface area contributed by atoms with Gasteiger partial charge in [-0.1, -0.05) is 39.3 Å². The Labute approximate surface area is 134 Å². The second-order valence-corrected chi connectivity index (χ2v) is 6.90. The number of carbonyl (C=O) groups is 1. The van der Waals surface area contributed by atoms with Gasteiger partial charge in [-0.2, -0.15) is 5.10 Å². The summed E-state index contributed by atoms with van der Waals surface area (Å²) in [5, 5.41) is 14.2. The Morgan fingerprint density at radius 1 is 1.41 bits per heavy atom. The first-order chi connectivity index (χ1) is 10.2. The lowest BCUT2D eigenvalue weighted by atomic mass is 9.85. The summed E-state index contributed by atoms with van der Waals surface area (Å²) < 4.78 is 1.69. The molecule has 0 aliphatic heterocycles. The second kappa shape index (κ2) is 6.08. The van der Waals surface area contributed by atoms with Gasteiger partial charge in [0.2, 0.25) is 0 Å². The molecule has 0 radical (unpaired) electrons. The zero-order chi connectivity index (χ0) is 16.5. The molecule has 1 atom stereocenters. The van der Waals surface area contributed by atoms with Crippen molar-refractivity contribution in [3.63, 3.8) is 0 Å². The highest BCUT2D eigenvalue weighted by atomic mass is 35.5. The molecule has 2 heterocycles. The predicted molar refractivity (Wildman–Crippen MR) is 85.7 cm³/mol. The molecule has 0 fully saturated rings. The highest BCUT2D eigenvalue weighted by molar-refractivity contribution is 6.30. The monoisotopic (exact) mass is 321 g/mol. The molecule has 0 saturated carbocycles. The second-order valence-electron chi connectivity index (χ2n) is 6.46. The van der Waals surface area contributed by atoms with Crippen molar-refractivity contribution in [1.82, 2.24) is 14.8 Å². The lowest BCUT2D eigenvalue weighted by molar-refractivity contribution is -0.137. The fourth-order valence-electron chi connectivity index (χ4n) is 2.32. The third kappa shape index (κ3) is 3.65. The summed E-state index contributed by atoms with van der Waals surface area (Å²) in [7, 11) is 0. The van der Waals surface area contributed by atoms with E-state index in [9.17, 15) is 4.79 Å². The van der Waals surface area contributed by atoms with Gasteiger partial charge in [0.05, 0.1) is 17.1 Å². The van der Waals surface area contributed by atoms with Gasteiger partial charge in [-0.3, -0.25) is 4.79 Å². The van der Waals surface area contributed by atoms with E-state index in [2.05, 4.69) is 30.9 Å². The summed E-state index contributed by atoms with van der Waals surface area (Å²) in [6.45, 7) is 8.09. The van der Waals surface area contributed by atoms with E-state index in [1.165, 1.54) is 0 Å². The number of pyridine rings is 1. The molecule has 118 valence electrons. The first-order valence-electron chi connectivity index (χ1n) is 7.12. The lowest BCUT2D eigenvalue weighted by Crippen LogP contribution is -2.16. The van der Waals surface area contributed by atoms with Gasteiger partial charge in [-0.15, -0.1) is 0 Å². The molecule has 2 aromatic rings. The molecule has 5 nitrogen and oxygen atoms in total. The van der Waals surface area contributed by atoms with Crippen LogP contribution in [-0.4, -0.2) is 25.8 Å². The summed E-state index contributed by atoms with van der Waals surface area (Å²) in [5.41, 5.74) is 1.64. The van der Waals surface area contributed by atoms with Gasteiger partial charge in [0.1, 0.15) is 0 Å². The van der Waals surface area contributed by atoms with Crippen LogP contribution in [0.15, 0.2) is 24.5 Å². The minimum absolute atomic E-state index is 0.0722. The smallest absolute Gasteiger partial charge is 0.303 e.